The van der Waals surface area contributed by atoms with Crippen molar-refractivity contribution in [2.24, 2.45) is 0 Å². The van der Waals surface area contributed by atoms with Crippen LogP contribution in [0.4, 0.5) is 5.69 Å². The van der Waals surface area contributed by atoms with E-state index in [2.05, 4.69) is 28.5 Å². The maximum atomic E-state index is 6.14. The van der Waals surface area contributed by atoms with Gasteiger partial charge in [0.2, 0.25) is 0 Å². The Hall–Kier alpha value is -1.64. The van der Waals surface area contributed by atoms with Crippen LogP contribution in [0.3, 0.4) is 0 Å². The number of para-hydroxylation sites is 2. The van der Waals surface area contributed by atoms with Gasteiger partial charge in [-0.15, -0.1) is 0 Å². The van der Waals surface area contributed by atoms with Crippen LogP contribution in [0.25, 0.3) is 10.9 Å². The van der Waals surface area contributed by atoms with E-state index in [9.17, 15) is 0 Å². The first kappa shape index (κ1) is 12.4. The van der Waals surface area contributed by atoms with Gasteiger partial charge in [-0.2, -0.15) is 0 Å². The Bertz CT molecular complexity index is 699. The SMILES string of the molecule is Clc1cccc(Cl)c1NCc1cccc2cc[nH]c12. The van der Waals surface area contributed by atoms with E-state index < -0.39 is 0 Å². The second-order valence-corrected chi connectivity index (χ2v) is 5.12. The number of aromatic amines is 1. The number of nitrogens with one attached hydrogen (secondary N) is 2. The van der Waals surface area contributed by atoms with Gasteiger partial charge in [-0.25, -0.2) is 0 Å². The second kappa shape index (κ2) is 5.16. The van der Waals surface area contributed by atoms with Gasteiger partial charge in [0.25, 0.3) is 0 Å². The Labute approximate surface area is 121 Å². The molecule has 0 aliphatic carbocycles. The van der Waals surface area contributed by atoms with Gasteiger partial charge in [0.15, 0.2) is 0 Å². The number of aromatic nitrogens is 1. The molecule has 1 heterocycles. The van der Waals surface area contributed by atoms with E-state index in [1.807, 2.05) is 30.5 Å². The minimum absolute atomic E-state index is 0.631. The fourth-order valence-corrected chi connectivity index (χ4v) is 2.68. The molecule has 2 nitrogen and oxygen atoms in total. The number of H-pyrrole nitrogens is 1. The van der Waals surface area contributed by atoms with Crippen molar-refractivity contribution < 1.29 is 0 Å². The van der Waals surface area contributed by atoms with Gasteiger partial charge in [0.1, 0.15) is 0 Å². The minimum atomic E-state index is 0.631. The van der Waals surface area contributed by atoms with Gasteiger partial charge in [-0.1, -0.05) is 47.5 Å². The van der Waals surface area contributed by atoms with Gasteiger partial charge < -0.3 is 10.3 Å². The number of benzene rings is 2. The summed E-state index contributed by atoms with van der Waals surface area (Å²) in [6, 6.07) is 13.7. The van der Waals surface area contributed by atoms with E-state index in [4.69, 9.17) is 23.2 Å². The quantitative estimate of drug-likeness (QED) is 0.691. The van der Waals surface area contributed by atoms with Gasteiger partial charge in [0.05, 0.1) is 21.2 Å². The first-order chi connectivity index (χ1) is 9.25. The first-order valence-electron chi connectivity index (χ1n) is 5.98. The van der Waals surface area contributed by atoms with E-state index in [0.717, 1.165) is 11.2 Å². The summed E-state index contributed by atoms with van der Waals surface area (Å²) in [6.07, 6.45) is 1.94. The van der Waals surface area contributed by atoms with Crippen molar-refractivity contribution in [1.82, 2.24) is 4.98 Å². The van der Waals surface area contributed by atoms with E-state index in [1.165, 1.54) is 10.9 Å². The summed E-state index contributed by atoms with van der Waals surface area (Å²) in [5, 5.41) is 5.76. The molecule has 0 fully saturated rings. The van der Waals surface area contributed by atoms with Crippen LogP contribution in [0, 0.1) is 0 Å². The van der Waals surface area contributed by atoms with Crippen molar-refractivity contribution in [3.05, 3.63) is 64.3 Å². The Balaban J connectivity index is 1.88. The summed E-state index contributed by atoms with van der Waals surface area (Å²) in [7, 11) is 0. The van der Waals surface area contributed by atoms with Crippen LogP contribution in [0.5, 0.6) is 0 Å². The number of halogens is 2. The molecule has 1 aromatic heterocycles. The molecule has 0 aliphatic heterocycles. The molecule has 0 bridgehead atoms. The van der Waals surface area contributed by atoms with Gasteiger partial charge in [-0.05, 0) is 29.1 Å². The highest BCUT2D eigenvalue weighted by atomic mass is 35.5. The van der Waals surface area contributed by atoms with Crippen LogP contribution in [-0.4, -0.2) is 4.98 Å². The van der Waals surface area contributed by atoms with Crippen molar-refractivity contribution in [2.45, 2.75) is 6.54 Å². The van der Waals surface area contributed by atoms with Crippen molar-refractivity contribution in [2.75, 3.05) is 5.32 Å². The summed E-state index contributed by atoms with van der Waals surface area (Å²) in [5.74, 6) is 0. The van der Waals surface area contributed by atoms with Crippen LogP contribution in [0.2, 0.25) is 10.0 Å². The van der Waals surface area contributed by atoms with Crippen LogP contribution >= 0.6 is 23.2 Å². The Morgan fingerprint density at radius 3 is 2.47 bits per heavy atom. The second-order valence-electron chi connectivity index (χ2n) is 4.31. The van der Waals surface area contributed by atoms with Crippen molar-refractivity contribution in [3.8, 4) is 0 Å². The number of rotatable bonds is 3. The van der Waals surface area contributed by atoms with E-state index in [0.29, 0.717) is 16.6 Å². The minimum Gasteiger partial charge on any atom is -0.378 e. The molecule has 0 spiro atoms. The lowest BCUT2D eigenvalue weighted by Gasteiger charge is -2.11. The molecule has 2 N–H and O–H groups in total. The zero-order valence-corrected chi connectivity index (χ0v) is 11.6. The molecule has 19 heavy (non-hydrogen) atoms. The molecule has 0 aliphatic rings. The van der Waals surface area contributed by atoms with Crippen molar-refractivity contribution in [1.29, 1.82) is 0 Å². The molecule has 3 aromatic rings. The highest BCUT2D eigenvalue weighted by molar-refractivity contribution is 6.39. The van der Waals surface area contributed by atoms with Crippen molar-refractivity contribution >= 4 is 39.8 Å². The highest BCUT2D eigenvalue weighted by Crippen LogP contribution is 2.30. The molecule has 0 saturated carbocycles. The zero-order chi connectivity index (χ0) is 13.2. The summed E-state index contributed by atoms with van der Waals surface area (Å²) >= 11 is 12.3. The molecule has 0 atom stereocenters. The maximum absolute atomic E-state index is 6.14. The molecule has 3 rings (SSSR count). The summed E-state index contributed by atoms with van der Waals surface area (Å²) < 4.78 is 0. The van der Waals surface area contributed by atoms with Gasteiger partial charge >= 0.3 is 0 Å². The smallest absolute Gasteiger partial charge is 0.0721 e. The largest absolute Gasteiger partial charge is 0.378 e. The summed E-state index contributed by atoms with van der Waals surface area (Å²) in [6.45, 7) is 0.668. The molecular weight excluding hydrogens is 279 g/mol. The Kier molecular flexibility index (Phi) is 3.36. The lowest BCUT2D eigenvalue weighted by atomic mass is 10.1. The monoisotopic (exact) mass is 290 g/mol. The van der Waals surface area contributed by atoms with E-state index in [-0.39, 0.29) is 0 Å². The van der Waals surface area contributed by atoms with E-state index in [1.54, 1.807) is 0 Å². The number of fused-ring (bicyclic) bond motifs is 1. The fourth-order valence-electron chi connectivity index (χ4n) is 2.15. The molecule has 2 aromatic carbocycles. The first-order valence-corrected chi connectivity index (χ1v) is 6.74. The Morgan fingerprint density at radius 2 is 1.68 bits per heavy atom. The predicted molar refractivity (Wildman–Crippen MR) is 82.1 cm³/mol. The normalized spacial score (nSPS) is 10.8. The summed E-state index contributed by atoms with van der Waals surface area (Å²) in [4.78, 5) is 3.25. The number of anilines is 1. The number of hydrogen-bond acceptors (Lipinski definition) is 1. The number of hydrogen-bond donors (Lipinski definition) is 2. The molecule has 4 heteroatoms. The van der Waals surface area contributed by atoms with Crippen LogP contribution in [-0.2, 0) is 6.54 Å². The van der Waals surface area contributed by atoms with E-state index >= 15 is 0 Å². The maximum Gasteiger partial charge on any atom is 0.0721 e. The highest BCUT2D eigenvalue weighted by Gasteiger charge is 2.06. The lowest BCUT2D eigenvalue weighted by Crippen LogP contribution is -2.01. The predicted octanol–water partition coefficient (Wildman–Crippen LogP) is 5.09. The van der Waals surface area contributed by atoms with Crippen LogP contribution < -0.4 is 5.32 Å². The molecule has 0 saturated heterocycles. The average Bonchev–Trinajstić information content (AvgIpc) is 2.87. The Morgan fingerprint density at radius 1 is 0.947 bits per heavy atom. The standard InChI is InChI=1S/C15H12Cl2N2/c16-12-5-2-6-13(17)15(12)19-9-11-4-1-3-10-7-8-18-14(10)11/h1-8,18-19H,9H2. The lowest BCUT2D eigenvalue weighted by molar-refractivity contribution is 1.16. The van der Waals surface area contributed by atoms with Gasteiger partial charge in [-0.3, -0.25) is 0 Å². The third kappa shape index (κ3) is 2.42. The topological polar surface area (TPSA) is 27.8 Å². The molecular formula is C15H12Cl2N2. The van der Waals surface area contributed by atoms with Gasteiger partial charge in [0, 0.05) is 12.7 Å². The molecule has 0 unspecified atom stereocenters. The average molecular weight is 291 g/mol. The zero-order valence-electron chi connectivity index (χ0n) is 10.1. The van der Waals surface area contributed by atoms with Crippen molar-refractivity contribution in [3.63, 3.8) is 0 Å². The third-order valence-electron chi connectivity index (χ3n) is 3.09. The summed E-state index contributed by atoms with van der Waals surface area (Å²) in [5.41, 5.74) is 3.09. The van der Waals surface area contributed by atoms with Crippen LogP contribution in [0.1, 0.15) is 5.56 Å². The molecule has 0 amide bonds. The molecule has 0 radical (unpaired) electrons. The fraction of sp³-hybridized carbons (Fsp3) is 0.0667. The third-order valence-corrected chi connectivity index (χ3v) is 3.72. The van der Waals surface area contributed by atoms with Crippen LogP contribution in [0.15, 0.2) is 48.7 Å². The molecule has 96 valence electrons.